The van der Waals surface area contributed by atoms with E-state index in [1.54, 1.807) is 0 Å². The van der Waals surface area contributed by atoms with Crippen LogP contribution >= 0.6 is 15.9 Å². The molecule has 1 amide bonds. The molecule has 0 saturated carbocycles. The molecular formula is C24H25BrN4O2. The maximum absolute atomic E-state index is 13.4. The molecule has 3 aromatic rings. The number of benzene rings is 2. The van der Waals surface area contributed by atoms with E-state index in [9.17, 15) is 4.79 Å². The number of carbonyl (C=O) groups is 1. The largest absolute Gasteiger partial charge is 0.379 e. The second kappa shape index (κ2) is 8.57. The fraction of sp³-hybridized carbons (Fsp3) is 0.333. The topological polar surface area (TPSA) is 61.5 Å². The molecule has 31 heavy (non-hydrogen) atoms. The van der Waals surface area contributed by atoms with Gasteiger partial charge in [-0.05, 0) is 24.6 Å². The summed E-state index contributed by atoms with van der Waals surface area (Å²) >= 11 is 3.53. The number of aromatic amines is 1. The molecular weight excluding hydrogens is 456 g/mol. The minimum Gasteiger partial charge on any atom is -0.379 e. The molecule has 1 aromatic heterocycles. The first kappa shape index (κ1) is 20.4. The lowest BCUT2D eigenvalue weighted by Crippen LogP contribution is -2.42. The van der Waals surface area contributed by atoms with Crippen LogP contribution in [0.5, 0.6) is 0 Å². The molecule has 2 aliphatic rings. The van der Waals surface area contributed by atoms with Gasteiger partial charge in [-0.15, -0.1) is 0 Å². The number of H-pyrrole nitrogens is 1. The molecule has 0 bridgehead atoms. The highest BCUT2D eigenvalue weighted by Crippen LogP contribution is 2.42. The Kier molecular flexibility index (Phi) is 5.65. The van der Waals surface area contributed by atoms with E-state index in [0.29, 0.717) is 12.2 Å². The number of carbonyl (C=O) groups excluding carboxylic acids is 1. The molecule has 6 nitrogen and oxygen atoms in total. The maximum Gasteiger partial charge on any atom is 0.273 e. The molecule has 0 aliphatic carbocycles. The van der Waals surface area contributed by atoms with Crippen molar-refractivity contribution in [2.75, 3.05) is 39.4 Å². The van der Waals surface area contributed by atoms with E-state index >= 15 is 0 Å². The van der Waals surface area contributed by atoms with Gasteiger partial charge in [-0.25, -0.2) is 0 Å². The molecule has 160 valence electrons. The molecule has 1 unspecified atom stereocenters. The molecule has 1 N–H and O–H groups in total. The predicted octanol–water partition coefficient (Wildman–Crippen LogP) is 4.03. The maximum atomic E-state index is 13.4. The van der Waals surface area contributed by atoms with Gasteiger partial charge in [-0.2, -0.15) is 5.10 Å². The van der Waals surface area contributed by atoms with Crippen LogP contribution in [0.15, 0.2) is 53.0 Å². The summed E-state index contributed by atoms with van der Waals surface area (Å²) in [5.74, 6) is 0.0158. The summed E-state index contributed by atoms with van der Waals surface area (Å²) in [5.41, 5.74) is 5.73. The van der Waals surface area contributed by atoms with Crippen molar-refractivity contribution in [2.24, 2.45) is 0 Å². The number of ether oxygens (including phenoxy) is 1. The van der Waals surface area contributed by atoms with E-state index in [-0.39, 0.29) is 11.9 Å². The van der Waals surface area contributed by atoms with E-state index < -0.39 is 0 Å². The molecule has 1 saturated heterocycles. The molecule has 5 rings (SSSR count). The van der Waals surface area contributed by atoms with Crippen molar-refractivity contribution in [1.82, 2.24) is 20.0 Å². The Bertz CT molecular complexity index is 1070. The second-order valence-electron chi connectivity index (χ2n) is 8.13. The normalized spacial score (nSPS) is 19.1. The van der Waals surface area contributed by atoms with Gasteiger partial charge in [0.15, 0.2) is 0 Å². The van der Waals surface area contributed by atoms with E-state index in [4.69, 9.17) is 4.74 Å². The SMILES string of the molecule is Cc1ccc(-c2n[nH]c3c2C(c2ccc(Br)cc2)N(CCN2CCOCC2)C3=O)cc1. The molecule has 1 fully saturated rings. The molecule has 1 atom stereocenters. The summed E-state index contributed by atoms with van der Waals surface area (Å²) in [6.07, 6.45) is 0. The Balaban J connectivity index is 1.52. The average molecular weight is 481 g/mol. The summed E-state index contributed by atoms with van der Waals surface area (Å²) in [5, 5.41) is 7.60. The Morgan fingerprint density at radius 2 is 1.77 bits per heavy atom. The van der Waals surface area contributed by atoms with Gasteiger partial charge in [0.1, 0.15) is 5.69 Å². The zero-order valence-electron chi connectivity index (χ0n) is 17.5. The third-order valence-electron chi connectivity index (χ3n) is 6.14. The van der Waals surface area contributed by atoms with Crippen molar-refractivity contribution >= 4 is 21.8 Å². The van der Waals surface area contributed by atoms with Gasteiger partial charge in [-0.1, -0.05) is 57.9 Å². The van der Waals surface area contributed by atoms with Gasteiger partial charge >= 0.3 is 0 Å². The van der Waals surface area contributed by atoms with Crippen LogP contribution in [0.4, 0.5) is 0 Å². The van der Waals surface area contributed by atoms with Crippen LogP contribution in [0.2, 0.25) is 0 Å². The third kappa shape index (κ3) is 3.93. The molecule has 3 heterocycles. The van der Waals surface area contributed by atoms with E-state index in [0.717, 1.165) is 59.7 Å². The minimum atomic E-state index is -0.160. The Hall–Kier alpha value is -2.48. The number of aryl methyl sites for hydroxylation is 1. The van der Waals surface area contributed by atoms with Crippen molar-refractivity contribution in [3.63, 3.8) is 0 Å². The summed E-state index contributed by atoms with van der Waals surface area (Å²) in [4.78, 5) is 17.8. The van der Waals surface area contributed by atoms with Crippen LogP contribution in [-0.4, -0.2) is 65.3 Å². The van der Waals surface area contributed by atoms with E-state index in [1.807, 2.05) is 17.0 Å². The van der Waals surface area contributed by atoms with Gasteiger partial charge in [0.05, 0.1) is 24.9 Å². The summed E-state index contributed by atoms with van der Waals surface area (Å²) < 4.78 is 6.49. The smallest absolute Gasteiger partial charge is 0.273 e. The molecule has 0 radical (unpaired) electrons. The summed E-state index contributed by atoms with van der Waals surface area (Å²) in [6.45, 7) is 6.89. The third-order valence-corrected chi connectivity index (χ3v) is 6.66. The number of nitrogens with zero attached hydrogens (tertiary/aromatic N) is 3. The number of morpholine rings is 1. The van der Waals surface area contributed by atoms with Crippen LogP contribution in [0, 0.1) is 6.92 Å². The standard InChI is InChI=1S/C24H25BrN4O2/c1-16-2-4-17(5-3-16)21-20-22(27-26-21)24(30)29(11-10-28-12-14-31-15-13-28)23(20)18-6-8-19(25)9-7-18/h2-9,23H,10-15H2,1H3,(H,26,27). The number of aromatic nitrogens is 2. The zero-order valence-corrected chi connectivity index (χ0v) is 19.1. The first-order chi connectivity index (χ1) is 15.1. The van der Waals surface area contributed by atoms with Crippen molar-refractivity contribution in [2.45, 2.75) is 13.0 Å². The number of halogens is 1. The van der Waals surface area contributed by atoms with Crippen molar-refractivity contribution < 1.29 is 9.53 Å². The Morgan fingerprint density at radius 1 is 1.06 bits per heavy atom. The number of amides is 1. The van der Waals surface area contributed by atoms with Crippen molar-refractivity contribution in [1.29, 1.82) is 0 Å². The molecule has 2 aliphatic heterocycles. The predicted molar refractivity (Wildman–Crippen MR) is 123 cm³/mol. The monoisotopic (exact) mass is 480 g/mol. The Morgan fingerprint density at radius 3 is 2.48 bits per heavy atom. The number of hydrogen-bond donors (Lipinski definition) is 1. The van der Waals surface area contributed by atoms with Gasteiger partial charge in [0.25, 0.3) is 5.91 Å². The first-order valence-electron chi connectivity index (χ1n) is 10.6. The van der Waals surface area contributed by atoms with Crippen LogP contribution < -0.4 is 0 Å². The van der Waals surface area contributed by atoms with Gasteiger partial charge in [0.2, 0.25) is 0 Å². The van der Waals surface area contributed by atoms with E-state index in [1.165, 1.54) is 5.56 Å². The highest BCUT2D eigenvalue weighted by molar-refractivity contribution is 9.10. The lowest BCUT2D eigenvalue weighted by Gasteiger charge is -2.31. The highest BCUT2D eigenvalue weighted by atomic mass is 79.9. The number of rotatable bonds is 5. The lowest BCUT2D eigenvalue weighted by atomic mass is 9.96. The van der Waals surface area contributed by atoms with Crippen LogP contribution in [0.3, 0.4) is 0 Å². The van der Waals surface area contributed by atoms with Crippen molar-refractivity contribution in [3.8, 4) is 11.3 Å². The van der Waals surface area contributed by atoms with Crippen molar-refractivity contribution in [3.05, 3.63) is 75.4 Å². The highest BCUT2D eigenvalue weighted by Gasteiger charge is 2.42. The van der Waals surface area contributed by atoms with Crippen LogP contribution in [0.1, 0.15) is 33.2 Å². The van der Waals surface area contributed by atoms with Gasteiger partial charge in [-0.3, -0.25) is 14.8 Å². The van der Waals surface area contributed by atoms with Gasteiger partial charge in [0, 0.05) is 41.8 Å². The summed E-state index contributed by atoms with van der Waals surface area (Å²) in [6, 6.07) is 16.4. The number of nitrogens with one attached hydrogen (secondary N) is 1. The van der Waals surface area contributed by atoms with Crippen LogP contribution in [-0.2, 0) is 4.74 Å². The molecule has 7 heteroatoms. The minimum absolute atomic E-state index is 0.0158. The molecule has 2 aromatic carbocycles. The Labute approximate surface area is 190 Å². The second-order valence-corrected chi connectivity index (χ2v) is 9.05. The van der Waals surface area contributed by atoms with Gasteiger partial charge < -0.3 is 9.64 Å². The summed E-state index contributed by atoms with van der Waals surface area (Å²) in [7, 11) is 0. The van der Waals surface area contributed by atoms with E-state index in [2.05, 4.69) is 74.3 Å². The fourth-order valence-corrected chi connectivity index (χ4v) is 4.69. The number of fused-ring (bicyclic) bond motifs is 1. The first-order valence-corrected chi connectivity index (χ1v) is 11.4. The van der Waals surface area contributed by atoms with Crippen LogP contribution in [0.25, 0.3) is 11.3 Å². The molecule has 0 spiro atoms. The number of hydrogen-bond acceptors (Lipinski definition) is 4. The lowest BCUT2D eigenvalue weighted by molar-refractivity contribution is 0.0316. The quantitative estimate of drug-likeness (QED) is 0.598. The average Bonchev–Trinajstić information content (AvgIpc) is 3.33. The fourth-order valence-electron chi connectivity index (χ4n) is 4.42. The zero-order chi connectivity index (χ0) is 21.4.